The Balaban J connectivity index is 1.31. The second-order valence-electron chi connectivity index (χ2n) is 11.0. The Bertz CT molecular complexity index is 2190. The molecule has 0 aliphatic rings. The van der Waals surface area contributed by atoms with Crippen LogP contribution in [0.5, 0.6) is 0 Å². The summed E-state index contributed by atoms with van der Waals surface area (Å²) >= 11 is 6.59. The van der Waals surface area contributed by atoms with Gasteiger partial charge in [-0.3, -0.25) is 0 Å². The molecule has 0 atom stereocenters. The number of hydrogen-bond acceptors (Lipinski definition) is 4. The summed E-state index contributed by atoms with van der Waals surface area (Å²) in [5.41, 5.74) is 3.39. The molecule has 2 heterocycles. The van der Waals surface area contributed by atoms with E-state index in [2.05, 4.69) is 131 Å². The Hall–Kier alpha value is -5.36. The number of furan rings is 1. The lowest BCUT2D eigenvalue weighted by molar-refractivity contribution is 0.669. The highest BCUT2D eigenvalue weighted by Gasteiger charge is 2.41. The number of aromatic nitrogens is 3. The van der Waals surface area contributed by atoms with Crippen molar-refractivity contribution < 1.29 is 4.42 Å². The average molecular weight is 616 g/mol. The lowest BCUT2D eigenvalue weighted by Gasteiger charge is -2.34. The van der Waals surface area contributed by atoms with E-state index in [1.807, 2.05) is 36.4 Å². The van der Waals surface area contributed by atoms with Crippen molar-refractivity contribution in [2.75, 3.05) is 0 Å². The largest absolute Gasteiger partial charge is 0.456 e. The van der Waals surface area contributed by atoms with E-state index in [1.54, 1.807) is 0 Å². The molecule has 4 nitrogen and oxygen atoms in total. The van der Waals surface area contributed by atoms with Crippen molar-refractivity contribution in [1.29, 1.82) is 0 Å². The summed E-state index contributed by atoms with van der Waals surface area (Å²) in [6, 6.07) is 55.2. The van der Waals surface area contributed by atoms with Crippen molar-refractivity contribution >= 4 is 62.4 Å². The number of halogens is 1. The van der Waals surface area contributed by atoms with Crippen LogP contribution in [-0.2, 0) is 0 Å². The number of para-hydroxylation sites is 1. The van der Waals surface area contributed by atoms with Crippen molar-refractivity contribution in [3.05, 3.63) is 163 Å². The summed E-state index contributed by atoms with van der Waals surface area (Å²) in [5, 5.41) is 7.33. The van der Waals surface area contributed by atoms with Gasteiger partial charge < -0.3 is 4.42 Å². The molecule has 0 amide bonds. The third-order valence-corrected chi connectivity index (χ3v) is 13.4. The maximum atomic E-state index is 6.59. The Morgan fingerprint density at radius 1 is 0.422 bits per heavy atom. The van der Waals surface area contributed by atoms with Crippen LogP contribution in [-0.4, -0.2) is 23.0 Å². The van der Waals surface area contributed by atoms with Crippen molar-refractivity contribution in [2.24, 2.45) is 0 Å². The standard InChI is InChI=1S/C39H26ClN3OSi/c40-39-42-37(41-38(43-39)28-23-24-36-34(26-28)33-21-10-11-22-35(33)44-36)27-13-12-20-32(25-27)45(29-14-4-1-5-15-29,30-16-6-2-7-17-30)31-18-8-3-9-19-31/h1-26H. The van der Waals surface area contributed by atoms with E-state index in [9.17, 15) is 0 Å². The quantitative estimate of drug-likeness (QED) is 0.147. The fourth-order valence-electron chi connectivity index (χ4n) is 6.43. The summed E-state index contributed by atoms with van der Waals surface area (Å²) in [5.74, 6) is 1.04. The van der Waals surface area contributed by atoms with Gasteiger partial charge in [0.1, 0.15) is 11.2 Å². The minimum absolute atomic E-state index is 0.148. The summed E-state index contributed by atoms with van der Waals surface area (Å²) in [6.07, 6.45) is 0. The van der Waals surface area contributed by atoms with E-state index >= 15 is 0 Å². The van der Waals surface area contributed by atoms with Crippen LogP contribution in [0.2, 0.25) is 5.28 Å². The van der Waals surface area contributed by atoms with Gasteiger partial charge in [-0.05, 0) is 56.6 Å². The Kier molecular flexibility index (Phi) is 6.82. The Labute approximate surface area is 266 Å². The highest BCUT2D eigenvalue weighted by atomic mass is 35.5. The minimum Gasteiger partial charge on any atom is -0.456 e. The molecule has 0 fully saturated rings. The monoisotopic (exact) mass is 615 g/mol. The maximum absolute atomic E-state index is 6.59. The third-order valence-electron chi connectivity index (χ3n) is 8.42. The van der Waals surface area contributed by atoms with E-state index < -0.39 is 8.07 Å². The molecule has 2 aromatic heterocycles. The first-order valence-electron chi connectivity index (χ1n) is 14.8. The van der Waals surface area contributed by atoms with Gasteiger partial charge in [0, 0.05) is 21.9 Å². The maximum Gasteiger partial charge on any atom is 0.226 e. The Morgan fingerprint density at radius 3 is 1.56 bits per heavy atom. The molecule has 8 aromatic rings. The normalized spacial score (nSPS) is 11.7. The molecule has 0 aliphatic heterocycles. The second kappa shape index (κ2) is 11.3. The molecule has 6 aromatic carbocycles. The molecule has 0 aliphatic carbocycles. The molecule has 8 rings (SSSR count). The van der Waals surface area contributed by atoms with Crippen molar-refractivity contribution in [3.63, 3.8) is 0 Å². The van der Waals surface area contributed by atoms with Crippen LogP contribution in [0.15, 0.2) is 162 Å². The molecular formula is C39H26ClN3OSi. The molecule has 6 heteroatoms. The van der Waals surface area contributed by atoms with E-state index in [0.717, 1.165) is 33.1 Å². The van der Waals surface area contributed by atoms with Crippen molar-refractivity contribution in [2.45, 2.75) is 0 Å². The van der Waals surface area contributed by atoms with Crippen LogP contribution in [0.3, 0.4) is 0 Å². The van der Waals surface area contributed by atoms with E-state index in [-0.39, 0.29) is 5.28 Å². The van der Waals surface area contributed by atoms with E-state index in [4.69, 9.17) is 21.0 Å². The molecule has 0 N–H and O–H groups in total. The summed E-state index contributed by atoms with van der Waals surface area (Å²) in [6.45, 7) is 0. The average Bonchev–Trinajstić information content (AvgIpc) is 3.48. The summed E-state index contributed by atoms with van der Waals surface area (Å²) in [4.78, 5) is 14.1. The second-order valence-corrected chi connectivity index (χ2v) is 15.1. The molecule has 0 radical (unpaired) electrons. The van der Waals surface area contributed by atoms with Crippen LogP contribution in [0.25, 0.3) is 44.7 Å². The van der Waals surface area contributed by atoms with Crippen LogP contribution < -0.4 is 20.7 Å². The molecule has 0 saturated heterocycles. The van der Waals surface area contributed by atoms with Crippen LogP contribution in [0.4, 0.5) is 0 Å². The van der Waals surface area contributed by atoms with Gasteiger partial charge in [0.15, 0.2) is 19.7 Å². The van der Waals surface area contributed by atoms with Gasteiger partial charge in [0.25, 0.3) is 0 Å². The number of benzene rings is 6. The van der Waals surface area contributed by atoms with E-state index in [1.165, 1.54) is 20.7 Å². The first-order chi connectivity index (χ1) is 22.2. The lowest BCUT2D eigenvalue weighted by atomic mass is 10.1. The highest BCUT2D eigenvalue weighted by Crippen LogP contribution is 2.32. The lowest BCUT2D eigenvalue weighted by Crippen LogP contribution is -2.74. The summed E-state index contributed by atoms with van der Waals surface area (Å²) < 4.78 is 6.04. The topological polar surface area (TPSA) is 51.8 Å². The van der Waals surface area contributed by atoms with Crippen LogP contribution in [0, 0.1) is 0 Å². The zero-order valence-electron chi connectivity index (χ0n) is 24.1. The van der Waals surface area contributed by atoms with Gasteiger partial charge in [0.05, 0.1) is 0 Å². The molecule has 0 bridgehead atoms. The number of nitrogens with zero attached hydrogens (tertiary/aromatic N) is 3. The van der Waals surface area contributed by atoms with Crippen LogP contribution in [0.1, 0.15) is 0 Å². The van der Waals surface area contributed by atoms with Gasteiger partial charge in [-0.2, -0.15) is 9.97 Å². The first kappa shape index (κ1) is 27.2. The van der Waals surface area contributed by atoms with Crippen molar-refractivity contribution in [1.82, 2.24) is 15.0 Å². The van der Waals surface area contributed by atoms with Gasteiger partial charge >= 0.3 is 0 Å². The highest BCUT2D eigenvalue weighted by molar-refractivity contribution is 7.19. The zero-order valence-corrected chi connectivity index (χ0v) is 25.9. The molecule has 214 valence electrons. The Morgan fingerprint density at radius 2 is 0.933 bits per heavy atom. The molecular weight excluding hydrogens is 590 g/mol. The van der Waals surface area contributed by atoms with E-state index in [0.29, 0.717) is 11.6 Å². The fraction of sp³-hybridized carbons (Fsp3) is 0. The third kappa shape index (κ3) is 4.74. The van der Waals surface area contributed by atoms with Gasteiger partial charge in [-0.25, -0.2) is 4.98 Å². The predicted molar refractivity (Wildman–Crippen MR) is 187 cm³/mol. The molecule has 0 spiro atoms. The SMILES string of the molecule is Clc1nc(-c2cccc([Si](c3ccccc3)(c3ccccc3)c3ccccc3)c2)nc(-c2ccc3oc4ccccc4c3c2)n1. The molecule has 45 heavy (non-hydrogen) atoms. The van der Waals surface area contributed by atoms with Crippen LogP contribution >= 0.6 is 11.6 Å². The van der Waals surface area contributed by atoms with Gasteiger partial charge in [-0.15, -0.1) is 0 Å². The first-order valence-corrected chi connectivity index (χ1v) is 17.2. The van der Waals surface area contributed by atoms with Gasteiger partial charge in [-0.1, -0.05) is 133 Å². The smallest absolute Gasteiger partial charge is 0.226 e. The molecule has 0 saturated carbocycles. The summed E-state index contributed by atoms with van der Waals surface area (Å²) in [7, 11) is -2.72. The predicted octanol–water partition coefficient (Wildman–Crippen LogP) is 7.14. The number of fused-ring (bicyclic) bond motifs is 3. The minimum atomic E-state index is -2.72. The zero-order chi connectivity index (χ0) is 30.2. The fourth-order valence-corrected chi connectivity index (χ4v) is 11.4. The number of rotatable bonds is 6. The van der Waals surface area contributed by atoms with Crippen molar-refractivity contribution in [3.8, 4) is 22.8 Å². The van der Waals surface area contributed by atoms with Gasteiger partial charge in [0.2, 0.25) is 5.28 Å². The molecule has 0 unspecified atom stereocenters. The number of hydrogen-bond donors (Lipinski definition) is 0.